The molecule has 18 heteroatoms. The van der Waals surface area contributed by atoms with Crippen molar-refractivity contribution in [1.82, 2.24) is 29.9 Å². The van der Waals surface area contributed by atoms with Crippen molar-refractivity contribution in [3.05, 3.63) is 0 Å². The molecule has 156 valence electrons. The zero-order valence-corrected chi connectivity index (χ0v) is 14.6. The molecule has 0 amide bonds. The summed E-state index contributed by atoms with van der Waals surface area (Å²) in [5.41, 5.74) is 0.371. The minimum atomic E-state index is -0.271. The predicted octanol–water partition coefficient (Wildman–Crippen LogP) is -2.97. The second kappa shape index (κ2) is 7.32. The fraction of sp³-hybridized carbons (Fsp3) is 0. The van der Waals surface area contributed by atoms with Gasteiger partial charge in [0.05, 0.1) is 0 Å². The SMILES string of the molecule is NOc1nc2c3nc(ON)c(ON)nc3c3nc(ON)c(ON)nc3c2nc1ON. The molecule has 0 aliphatic carbocycles. The van der Waals surface area contributed by atoms with Crippen molar-refractivity contribution in [2.75, 3.05) is 0 Å². The van der Waals surface area contributed by atoms with Crippen LogP contribution in [0.3, 0.4) is 0 Å². The Bertz CT molecular complexity index is 1000. The van der Waals surface area contributed by atoms with Crippen molar-refractivity contribution < 1.29 is 29.0 Å². The van der Waals surface area contributed by atoms with Gasteiger partial charge in [-0.1, -0.05) is 0 Å². The molecule has 0 fully saturated rings. The molecule has 0 spiro atoms. The standard InChI is InChI=1S/C12H12N12O6/c13-25-7-8(26-14)20-2-1(19-7)3-5(22-10(28-16)9(21-3)27-15)6-4(2)23-11(29-17)12(24-6)30-18/h13-18H2. The quantitative estimate of drug-likeness (QED) is 0.134. The van der Waals surface area contributed by atoms with Gasteiger partial charge in [-0.2, -0.15) is 35.4 Å². The van der Waals surface area contributed by atoms with Crippen LogP contribution in [0.2, 0.25) is 0 Å². The van der Waals surface area contributed by atoms with Gasteiger partial charge in [0.15, 0.2) is 0 Å². The van der Waals surface area contributed by atoms with Gasteiger partial charge in [-0.15, -0.1) is 0 Å². The fourth-order valence-corrected chi connectivity index (χ4v) is 2.67. The van der Waals surface area contributed by atoms with E-state index >= 15 is 0 Å². The highest BCUT2D eigenvalue weighted by molar-refractivity contribution is 6.18. The van der Waals surface area contributed by atoms with Gasteiger partial charge in [-0.05, 0) is 0 Å². The Morgan fingerprint density at radius 1 is 0.300 bits per heavy atom. The zero-order valence-electron chi connectivity index (χ0n) is 14.6. The van der Waals surface area contributed by atoms with Crippen LogP contribution in [0.4, 0.5) is 0 Å². The van der Waals surface area contributed by atoms with E-state index in [0.717, 1.165) is 0 Å². The van der Waals surface area contributed by atoms with E-state index < -0.39 is 0 Å². The van der Waals surface area contributed by atoms with Gasteiger partial charge in [0, 0.05) is 0 Å². The lowest BCUT2D eigenvalue weighted by atomic mass is 10.2. The lowest BCUT2D eigenvalue weighted by Crippen LogP contribution is -2.14. The van der Waals surface area contributed by atoms with E-state index in [4.69, 9.17) is 35.4 Å². The molecule has 12 N–H and O–H groups in total. The Morgan fingerprint density at radius 3 is 0.533 bits per heavy atom. The van der Waals surface area contributed by atoms with Gasteiger partial charge < -0.3 is 29.0 Å². The molecule has 0 aliphatic rings. The van der Waals surface area contributed by atoms with Crippen molar-refractivity contribution in [1.29, 1.82) is 0 Å². The molecule has 30 heavy (non-hydrogen) atoms. The smallest absolute Gasteiger partial charge is 0.303 e. The summed E-state index contributed by atoms with van der Waals surface area (Å²) < 4.78 is 0. The lowest BCUT2D eigenvalue weighted by Gasteiger charge is -2.12. The minimum absolute atomic E-state index is 0.0619. The van der Waals surface area contributed by atoms with Gasteiger partial charge >= 0.3 is 35.3 Å². The van der Waals surface area contributed by atoms with Crippen molar-refractivity contribution in [2.45, 2.75) is 0 Å². The molecule has 0 radical (unpaired) electrons. The molecule has 3 aromatic heterocycles. The first-order valence-electron chi connectivity index (χ1n) is 7.57. The van der Waals surface area contributed by atoms with Gasteiger partial charge in [-0.3, -0.25) is 0 Å². The average Bonchev–Trinajstić information content (AvgIpc) is 2.81. The summed E-state index contributed by atoms with van der Waals surface area (Å²) in [5.74, 6) is 29.6. The molecule has 0 saturated carbocycles. The molecule has 0 aliphatic heterocycles. The normalized spacial score (nSPS) is 11.0. The molecule has 18 nitrogen and oxygen atoms in total. The first-order valence-corrected chi connectivity index (χ1v) is 7.57. The highest BCUT2D eigenvalue weighted by atomic mass is 16.7. The number of hydrogen-bond acceptors (Lipinski definition) is 18. The highest BCUT2D eigenvalue weighted by Crippen LogP contribution is 2.38. The Hall–Kier alpha value is -4.20. The molecular weight excluding hydrogens is 408 g/mol. The maximum atomic E-state index is 5.21. The van der Waals surface area contributed by atoms with Gasteiger partial charge in [-0.25, -0.2) is 29.9 Å². The average molecular weight is 420 g/mol. The lowest BCUT2D eigenvalue weighted by molar-refractivity contribution is 0.262. The van der Waals surface area contributed by atoms with Crippen LogP contribution in [0.5, 0.6) is 35.3 Å². The summed E-state index contributed by atoms with van der Waals surface area (Å²) in [7, 11) is 0. The van der Waals surface area contributed by atoms with Gasteiger partial charge in [0.25, 0.3) is 0 Å². The number of aromatic nitrogens is 6. The molecule has 0 unspecified atom stereocenters. The molecular formula is C12H12N12O6. The molecule has 1 aromatic carbocycles. The molecule has 4 rings (SSSR count). The first kappa shape index (κ1) is 19.1. The third-order valence-corrected chi connectivity index (χ3v) is 3.84. The summed E-state index contributed by atoms with van der Waals surface area (Å²) in [5, 5.41) is 0. The van der Waals surface area contributed by atoms with Crippen LogP contribution < -0.4 is 64.4 Å². The molecule has 0 atom stereocenters. The monoisotopic (exact) mass is 420 g/mol. The summed E-state index contributed by atoms with van der Waals surface area (Å²) >= 11 is 0. The molecule has 3 heterocycles. The van der Waals surface area contributed by atoms with E-state index in [1.807, 2.05) is 0 Å². The number of nitrogens with two attached hydrogens (primary N) is 6. The molecule has 4 aromatic rings. The topological polar surface area (TPSA) is 289 Å². The van der Waals surface area contributed by atoms with Gasteiger partial charge in [0.1, 0.15) is 33.1 Å². The fourth-order valence-electron chi connectivity index (χ4n) is 2.67. The van der Waals surface area contributed by atoms with Crippen molar-refractivity contribution >= 4 is 33.1 Å². The van der Waals surface area contributed by atoms with Crippen molar-refractivity contribution in [3.63, 3.8) is 0 Å². The van der Waals surface area contributed by atoms with Crippen LogP contribution in [-0.2, 0) is 0 Å². The maximum absolute atomic E-state index is 5.21. The Morgan fingerprint density at radius 2 is 0.433 bits per heavy atom. The number of benzene rings is 1. The third-order valence-electron chi connectivity index (χ3n) is 3.84. The summed E-state index contributed by atoms with van der Waals surface area (Å²) in [4.78, 5) is 53.0. The number of hydrogen-bond donors (Lipinski definition) is 6. The van der Waals surface area contributed by atoms with Crippen LogP contribution in [0.15, 0.2) is 0 Å². The third kappa shape index (κ3) is 2.69. The predicted molar refractivity (Wildman–Crippen MR) is 94.6 cm³/mol. The minimum Gasteiger partial charge on any atom is -0.385 e. The van der Waals surface area contributed by atoms with Crippen LogP contribution in [0.25, 0.3) is 33.1 Å². The van der Waals surface area contributed by atoms with Crippen LogP contribution >= 0.6 is 0 Å². The Labute approximate surface area is 163 Å². The summed E-state index contributed by atoms with van der Waals surface area (Å²) in [6.45, 7) is 0. The van der Waals surface area contributed by atoms with Gasteiger partial charge in [0.2, 0.25) is 0 Å². The first-order chi connectivity index (χ1) is 14.6. The van der Waals surface area contributed by atoms with Crippen molar-refractivity contribution in [2.24, 2.45) is 35.4 Å². The van der Waals surface area contributed by atoms with E-state index in [0.29, 0.717) is 0 Å². The zero-order chi connectivity index (χ0) is 21.4. The maximum Gasteiger partial charge on any atom is 0.303 e. The van der Waals surface area contributed by atoms with E-state index in [1.54, 1.807) is 0 Å². The second-order valence-electron chi connectivity index (χ2n) is 5.30. The number of fused-ring (bicyclic) bond motifs is 6. The summed E-state index contributed by atoms with van der Waals surface area (Å²) in [6, 6.07) is 0. The van der Waals surface area contributed by atoms with E-state index in [2.05, 4.69) is 58.9 Å². The number of rotatable bonds is 6. The van der Waals surface area contributed by atoms with E-state index in [1.165, 1.54) is 0 Å². The van der Waals surface area contributed by atoms with Crippen LogP contribution in [0, 0.1) is 0 Å². The Balaban J connectivity index is 2.29. The van der Waals surface area contributed by atoms with Crippen molar-refractivity contribution in [3.8, 4) is 35.3 Å². The summed E-state index contributed by atoms with van der Waals surface area (Å²) in [6.07, 6.45) is 0. The largest absolute Gasteiger partial charge is 0.385 e. The van der Waals surface area contributed by atoms with E-state index in [-0.39, 0.29) is 68.4 Å². The van der Waals surface area contributed by atoms with Crippen LogP contribution in [-0.4, -0.2) is 29.9 Å². The highest BCUT2D eigenvalue weighted by Gasteiger charge is 2.25. The van der Waals surface area contributed by atoms with E-state index in [9.17, 15) is 0 Å². The Kier molecular flexibility index (Phi) is 4.67. The molecule has 0 bridgehead atoms. The molecule has 0 saturated heterocycles. The number of nitrogens with zero attached hydrogens (tertiary/aromatic N) is 6. The van der Waals surface area contributed by atoms with Crippen LogP contribution in [0.1, 0.15) is 0 Å². The second-order valence-corrected chi connectivity index (χ2v) is 5.30.